The summed E-state index contributed by atoms with van der Waals surface area (Å²) in [7, 11) is 0. The Balaban J connectivity index is 1.84. The van der Waals surface area contributed by atoms with Gasteiger partial charge in [-0.25, -0.2) is 4.79 Å². The van der Waals surface area contributed by atoms with Crippen LogP contribution < -0.4 is 0 Å². The second kappa shape index (κ2) is 8.57. The summed E-state index contributed by atoms with van der Waals surface area (Å²) in [5.74, 6) is -0.126. The largest absolute Gasteiger partial charge is 0.462 e. The number of carbonyl (C=O) groups is 1. The van der Waals surface area contributed by atoms with Gasteiger partial charge in [-0.05, 0) is 29.9 Å². The van der Waals surface area contributed by atoms with Crippen molar-refractivity contribution in [1.29, 1.82) is 0 Å². The molecule has 0 amide bonds. The Bertz CT molecular complexity index is 646. The first-order chi connectivity index (χ1) is 12.5. The molecule has 0 radical (unpaired) electrons. The first kappa shape index (κ1) is 21.6. The number of hydrogen-bond acceptors (Lipinski definition) is 4. The minimum Gasteiger partial charge on any atom is -0.462 e. The smallest absolute Gasteiger partial charge is 0.333 e. The van der Waals surface area contributed by atoms with E-state index in [2.05, 4.69) is 58.5 Å². The lowest BCUT2D eigenvalue weighted by Gasteiger charge is -2.39. The van der Waals surface area contributed by atoms with E-state index in [1.54, 1.807) is 6.92 Å². The van der Waals surface area contributed by atoms with Crippen molar-refractivity contribution in [3.8, 4) is 0 Å². The molecule has 0 aromatic heterocycles. The first-order valence-corrected chi connectivity index (χ1v) is 9.65. The molecule has 150 valence electrons. The molecule has 1 aromatic carbocycles. The van der Waals surface area contributed by atoms with Gasteiger partial charge in [0.05, 0.1) is 13.2 Å². The average Bonchev–Trinajstić information content (AvgIpc) is 2.60. The van der Waals surface area contributed by atoms with Gasteiger partial charge in [-0.2, -0.15) is 0 Å². The average molecular weight is 375 g/mol. The van der Waals surface area contributed by atoms with E-state index in [-0.39, 0.29) is 35.6 Å². The predicted octanol–water partition coefficient (Wildman–Crippen LogP) is 4.66. The van der Waals surface area contributed by atoms with Gasteiger partial charge in [-0.15, -0.1) is 0 Å². The number of hydrogen-bond donors (Lipinski definition) is 0. The van der Waals surface area contributed by atoms with Crippen LogP contribution in [-0.4, -0.2) is 32.1 Å². The van der Waals surface area contributed by atoms with E-state index in [1.165, 1.54) is 11.1 Å². The summed E-state index contributed by atoms with van der Waals surface area (Å²) < 4.78 is 17.2. The van der Waals surface area contributed by atoms with Gasteiger partial charge in [0, 0.05) is 16.9 Å². The molecule has 1 unspecified atom stereocenters. The molecule has 1 fully saturated rings. The zero-order valence-electron chi connectivity index (χ0n) is 17.6. The van der Waals surface area contributed by atoms with Gasteiger partial charge >= 0.3 is 5.97 Å². The van der Waals surface area contributed by atoms with E-state index in [0.29, 0.717) is 18.8 Å². The van der Waals surface area contributed by atoms with E-state index in [4.69, 9.17) is 14.2 Å². The molecule has 1 aliphatic rings. The van der Waals surface area contributed by atoms with E-state index in [0.717, 1.165) is 6.42 Å². The van der Waals surface area contributed by atoms with Crippen molar-refractivity contribution < 1.29 is 19.0 Å². The molecule has 1 heterocycles. The standard InChI is InChI=1S/C23H34O4/c1-16(2)20(24)25-13-23(7)14-26-21(27-15-23)17(3)12-18-8-10-19(11-9-18)22(4,5)6/h8-11,17,21H,1,12-15H2,2-7H3. The Morgan fingerprint density at radius 1 is 1.26 bits per heavy atom. The second-order valence-electron chi connectivity index (χ2n) is 9.29. The molecule has 0 bridgehead atoms. The SMILES string of the molecule is C=C(C)C(=O)OCC1(C)COC(C(C)Cc2ccc(C(C)(C)C)cc2)OC1. The number of ether oxygens (including phenoxy) is 3. The summed E-state index contributed by atoms with van der Waals surface area (Å²) in [6, 6.07) is 8.80. The summed E-state index contributed by atoms with van der Waals surface area (Å²) in [5, 5.41) is 0. The van der Waals surface area contributed by atoms with Crippen LogP contribution in [0.2, 0.25) is 0 Å². The van der Waals surface area contributed by atoms with Crippen molar-refractivity contribution in [1.82, 2.24) is 0 Å². The van der Waals surface area contributed by atoms with E-state index < -0.39 is 0 Å². The fourth-order valence-electron chi connectivity index (χ4n) is 3.04. The van der Waals surface area contributed by atoms with E-state index >= 15 is 0 Å². The quantitative estimate of drug-likeness (QED) is 0.536. The lowest BCUT2D eigenvalue weighted by Crippen LogP contribution is -2.45. The Morgan fingerprint density at radius 3 is 2.30 bits per heavy atom. The van der Waals surface area contributed by atoms with Crippen LogP contribution in [0, 0.1) is 11.3 Å². The molecule has 1 atom stereocenters. The van der Waals surface area contributed by atoms with Crippen LogP contribution in [0.5, 0.6) is 0 Å². The van der Waals surface area contributed by atoms with Crippen LogP contribution >= 0.6 is 0 Å². The lowest BCUT2D eigenvalue weighted by atomic mass is 9.86. The maximum absolute atomic E-state index is 11.6. The van der Waals surface area contributed by atoms with Gasteiger partial charge in [-0.3, -0.25) is 0 Å². The molecule has 27 heavy (non-hydrogen) atoms. The van der Waals surface area contributed by atoms with Crippen molar-refractivity contribution in [2.75, 3.05) is 19.8 Å². The summed E-state index contributed by atoms with van der Waals surface area (Å²) in [6.45, 7) is 17.3. The molecule has 1 aromatic rings. The molecular weight excluding hydrogens is 340 g/mol. The van der Waals surface area contributed by atoms with Crippen LogP contribution in [0.15, 0.2) is 36.4 Å². The molecule has 4 heteroatoms. The molecule has 1 aliphatic heterocycles. The Hall–Kier alpha value is -1.65. The number of carbonyl (C=O) groups excluding carboxylic acids is 1. The maximum atomic E-state index is 11.6. The molecular formula is C23H34O4. The summed E-state index contributed by atoms with van der Waals surface area (Å²) in [5.41, 5.74) is 2.86. The monoisotopic (exact) mass is 374 g/mol. The van der Waals surface area contributed by atoms with Crippen LogP contribution in [0.3, 0.4) is 0 Å². The van der Waals surface area contributed by atoms with Crippen LogP contribution in [0.4, 0.5) is 0 Å². The number of rotatable bonds is 6. The number of esters is 1. The number of benzene rings is 1. The molecule has 0 aliphatic carbocycles. The molecule has 0 saturated carbocycles. The highest BCUT2D eigenvalue weighted by atomic mass is 16.7. The van der Waals surface area contributed by atoms with Crippen LogP contribution in [0.25, 0.3) is 0 Å². The minimum atomic E-state index is -0.370. The van der Waals surface area contributed by atoms with Crippen LogP contribution in [0.1, 0.15) is 52.7 Å². The lowest BCUT2D eigenvalue weighted by molar-refractivity contribution is -0.251. The van der Waals surface area contributed by atoms with Crippen molar-refractivity contribution in [3.05, 3.63) is 47.5 Å². The molecule has 4 nitrogen and oxygen atoms in total. The molecule has 0 spiro atoms. The van der Waals surface area contributed by atoms with Gasteiger partial charge < -0.3 is 14.2 Å². The zero-order chi connectivity index (χ0) is 20.2. The van der Waals surface area contributed by atoms with Gasteiger partial charge in [0.2, 0.25) is 0 Å². The zero-order valence-corrected chi connectivity index (χ0v) is 17.6. The van der Waals surface area contributed by atoms with Crippen molar-refractivity contribution in [2.24, 2.45) is 11.3 Å². The Kier molecular flexibility index (Phi) is 6.87. The van der Waals surface area contributed by atoms with Gasteiger partial charge in [-0.1, -0.05) is 65.5 Å². The Labute approximate surface area is 163 Å². The van der Waals surface area contributed by atoms with Gasteiger partial charge in [0.25, 0.3) is 0 Å². The highest BCUT2D eigenvalue weighted by molar-refractivity contribution is 5.86. The summed E-state index contributed by atoms with van der Waals surface area (Å²) >= 11 is 0. The van der Waals surface area contributed by atoms with Gasteiger partial charge in [0.15, 0.2) is 6.29 Å². The minimum absolute atomic E-state index is 0.164. The first-order valence-electron chi connectivity index (χ1n) is 9.65. The second-order valence-corrected chi connectivity index (χ2v) is 9.29. The predicted molar refractivity (Wildman–Crippen MR) is 108 cm³/mol. The third kappa shape index (κ3) is 6.18. The fourth-order valence-corrected chi connectivity index (χ4v) is 3.04. The van der Waals surface area contributed by atoms with Crippen molar-refractivity contribution in [2.45, 2.75) is 59.7 Å². The van der Waals surface area contributed by atoms with Gasteiger partial charge in [0.1, 0.15) is 6.61 Å². The highest BCUT2D eigenvalue weighted by Crippen LogP contribution is 2.29. The maximum Gasteiger partial charge on any atom is 0.333 e. The topological polar surface area (TPSA) is 44.8 Å². The van der Waals surface area contributed by atoms with E-state index in [1.807, 2.05) is 6.92 Å². The van der Waals surface area contributed by atoms with Crippen LogP contribution in [-0.2, 0) is 30.8 Å². The van der Waals surface area contributed by atoms with Crippen molar-refractivity contribution in [3.63, 3.8) is 0 Å². The molecule has 0 N–H and O–H groups in total. The summed E-state index contributed by atoms with van der Waals surface area (Å²) in [4.78, 5) is 11.6. The van der Waals surface area contributed by atoms with E-state index in [9.17, 15) is 4.79 Å². The normalized spacial score (nSPS) is 24.3. The highest BCUT2D eigenvalue weighted by Gasteiger charge is 2.36. The molecule has 1 saturated heterocycles. The van der Waals surface area contributed by atoms with Crippen molar-refractivity contribution >= 4 is 5.97 Å². The summed E-state index contributed by atoms with van der Waals surface area (Å²) in [6.07, 6.45) is 0.661. The third-order valence-electron chi connectivity index (χ3n) is 4.93. The third-order valence-corrected chi connectivity index (χ3v) is 4.93. The molecule has 2 rings (SSSR count). The Morgan fingerprint density at radius 2 is 1.81 bits per heavy atom. The fraction of sp³-hybridized carbons (Fsp3) is 0.609.